The molecule has 1 aliphatic heterocycles. The molecule has 1 saturated carbocycles. The second-order valence-corrected chi connectivity index (χ2v) is 7.81. The Labute approximate surface area is 169 Å². The van der Waals surface area contributed by atoms with Crippen molar-refractivity contribution >= 4 is 22.6 Å². The lowest BCUT2D eigenvalue weighted by molar-refractivity contribution is 0.102. The van der Waals surface area contributed by atoms with E-state index in [0.717, 1.165) is 36.6 Å². The lowest BCUT2D eigenvalue weighted by Gasteiger charge is -2.34. The van der Waals surface area contributed by atoms with E-state index in [1.54, 1.807) is 18.5 Å². The molecule has 5 rings (SSSR count). The lowest BCUT2D eigenvalue weighted by atomic mass is 10.2. The number of pyridine rings is 3. The second-order valence-electron chi connectivity index (χ2n) is 7.81. The minimum atomic E-state index is -0.271. The van der Waals surface area contributed by atoms with Gasteiger partial charge in [0.15, 0.2) is 0 Å². The van der Waals surface area contributed by atoms with E-state index in [9.17, 15) is 4.79 Å². The number of hydrogen-bond donors (Lipinski definition) is 1. The van der Waals surface area contributed by atoms with Gasteiger partial charge in [0.05, 0.1) is 11.7 Å². The minimum Gasteiger partial charge on any atom is -0.305 e. The molecule has 0 bridgehead atoms. The van der Waals surface area contributed by atoms with Crippen molar-refractivity contribution in [3.8, 4) is 0 Å². The fourth-order valence-electron chi connectivity index (χ4n) is 3.85. The summed E-state index contributed by atoms with van der Waals surface area (Å²) >= 11 is 0. The number of carbonyl (C=O) groups excluding carboxylic acids is 1. The molecule has 1 saturated heterocycles. The molecule has 148 valence electrons. The molecule has 0 aromatic carbocycles. The van der Waals surface area contributed by atoms with Crippen LogP contribution >= 0.6 is 0 Å². The fraction of sp³-hybridized carbons (Fsp3) is 0.364. The first kappa shape index (κ1) is 18.1. The van der Waals surface area contributed by atoms with Crippen LogP contribution in [0.1, 0.15) is 28.9 Å². The van der Waals surface area contributed by atoms with E-state index in [2.05, 4.69) is 30.1 Å². The van der Waals surface area contributed by atoms with Gasteiger partial charge in [-0.3, -0.25) is 19.6 Å². The molecule has 3 aromatic heterocycles. The zero-order valence-corrected chi connectivity index (χ0v) is 16.3. The molecule has 2 aliphatic rings. The summed E-state index contributed by atoms with van der Waals surface area (Å²) < 4.78 is 0. The number of anilines is 1. The van der Waals surface area contributed by atoms with E-state index >= 15 is 0 Å². The topological polar surface area (TPSA) is 74.2 Å². The molecule has 0 spiro atoms. The van der Waals surface area contributed by atoms with E-state index in [1.807, 2.05) is 30.5 Å². The normalized spacial score (nSPS) is 18.1. The van der Waals surface area contributed by atoms with Gasteiger partial charge in [0.2, 0.25) is 0 Å². The van der Waals surface area contributed by atoms with Gasteiger partial charge in [0.1, 0.15) is 11.5 Å². The number of fused-ring (bicyclic) bond motifs is 1. The molecule has 1 aliphatic carbocycles. The van der Waals surface area contributed by atoms with Crippen LogP contribution < -0.4 is 5.32 Å². The van der Waals surface area contributed by atoms with E-state index in [-0.39, 0.29) is 5.91 Å². The van der Waals surface area contributed by atoms with Crippen molar-refractivity contribution < 1.29 is 4.79 Å². The molecule has 1 N–H and O–H groups in total. The summed E-state index contributed by atoms with van der Waals surface area (Å²) in [6, 6.07) is 10.2. The predicted molar refractivity (Wildman–Crippen MR) is 112 cm³/mol. The maximum absolute atomic E-state index is 12.5. The maximum Gasteiger partial charge on any atom is 0.275 e. The third-order valence-corrected chi connectivity index (χ3v) is 5.67. The van der Waals surface area contributed by atoms with Gasteiger partial charge < -0.3 is 5.32 Å². The Bertz CT molecular complexity index is 1010. The third kappa shape index (κ3) is 4.26. The van der Waals surface area contributed by atoms with Crippen LogP contribution in [0.4, 0.5) is 5.82 Å². The first-order chi connectivity index (χ1) is 14.2. The highest BCUT2D eigenvalue weighted by atomic mass is 16.1. The van der Waals surface area contributed by atoms with Crippen molar-refractivity contribution in [2.24, 2.45) is 0 Å². The van der Waals surface area contributed by atoms with Crippen LogP contribution in [-0.4, -0.2) is 62.9 Å². The molecule has 7 nitrogen and oxygen atoms in total. The van der Waals surface area contributed by atoms with Crippen molar-refractivity contribution in [2.75, 3.05) is 31.5 Å². The molecule has 0 radical (unpaired) electrons. The van der Waals surface area contributed by atoms with Gasteiger partial charge in [-0.2, -0.15) is 0 Å². The summed E-state index contributed by atoms with van der Waals surface area (Å²) in [5, 5.41) is 3.78. The average molecular weight is 388 g/mol. The smallest absolute Gasteiger partial charge is 0.275 e. The van der Waals surface area contributed by atoms with E-state index < -0.39 is 0 Å². The zero-order valence-electron chi connectivity index (χ0n) is 16.3. The highest BCUT2D eigenvalue weighted by Crippen LogP contribution is 2.27. The van der Waals surface area contributed by atoms with Gasteiger partial charge in [-0.1, -0.05) is 12.1 Å². The lowest BCUT2D eigenvalue weighted by Crippen LogP contribution is -2.46. The van der Waals surface area contributed by atoms with Crippen LogP contribution in [0.3, 0.4) is 0 Å². The molecule has 29 heavy (non-hydrogen) atoms. The number of rotatable bonds is 5. The van der Waals surface area contributed by atoms with Gasteiger partial charge in [-0.25, -0.2) is 9.97 Å². The molecular formula is C22H24N6O. The summed E-state index contributed by atoms with van der Waals surface area (Å²) in [6.07, 6.45) is 7.97. The summed E-state index contributed by atoms with van der Waals surface area (Å²) in [5.74, 6) is 0.262. The van der Waals surface area contributed by atoms with E-state index in [0.29, 0.717) is 17.0 Å². The molecule has 0 unspecified atom stereocenters. The quantitative estimate of drug-likeness (QED) is 0.724. The van der Waals surface area contributed by atoms with Gasteiger partial charge in [-0.05, 0) is 36.6 Å². The third-order valence-electron chi connectivity index (χ3n) is 5.67. The Balaban J connectivity index is 1.18. The Hall–Kier alpha value is -2.90. The van der Waals surface area contributed by atoms with Crippen LogP contribution in [0.5, 0.6) is 0 Å². The van der Waals surface area contributed by atoms with Crippen molar-refractivity contribution in [1.82, 2.24) is 24.8 Å². The Morgan fingerprint density at radius 3 is 2.66 bits per heavy atom. The molecule has 1 amide bonds. The van der Waals surface area contributed by atoms with Crippen LogP contribution in [-0.2, 0) is 6.54 Å². The minimum absolute atomic E-state index is 0.271. The van der Waals surface area contributed by atoms with Crippen LogP contribution in [0.15, 0.2) is 48.9 Å². The Morgan fingerprint density at radius 2 is 1.90 bits per heavy atom. The zero-order chi connectivity index (χ0) is 19.6. The molecule has 7 heteroatoms. The van der Waals surface area contributed by atoms with Gasteiger partial charge in [0.25, 0.3) is 5.91 Å². The fourth-order valence-corrected chi connectivity index (χ4v) is 3.85. The predicted octanol–water partition coefficient (Wildman–Crippen LogP) is 2.56. The number of amides is 1. The van der Waals surface area contributed by atoms with E-state index in [4.69, 9.17) is 0 Å². The highest BCUT2D eigenvalue weighted by molar-refractivity contribution is 6.03. The number of carbonyl (C=O) groups is 1. The largest absolute Gasteiger partial charge is 0.305 e. The maximum atomic E-state index is 12.5. The van der Waals surface area contributed by atoms with Crippen molar-refractivity contribution in [3.63, 3.8) is 0 Å². The SMILES string of the molecule is O=C(Nc1ccc(CN2CCN(C3CC3)CC2)cn1)c1ccc2ccncc2n1. The summed E-state index contributed by atoms with van der Waals surface area (Å²) in [7, 11) is 0. The second kappa shape index (κ2) is 7.85. The molecule has 4 heterocycles. The van der Waals surface area contributed by atoms with Crippen LogP contribution in [0.2, 0.25) is 0 Å². The highest BCUT2D eigenvalue weighted by Gasteiger charge is 2.31. The molecule has 3 aromatic rings. The summed E-state index contributed by atoms with van der Waals surface area (Å²) in [5.41, 5.74) is 2.22. The number of piperazine rings is 1. The van der Waals surface area contributed by atoms with Crippen molar-refractivity contribution in [3.05, 3.63) is 60.2 Å². The van der Waals surface area contributed by atoms with Gasteiger partial charge >= 0.3 is 0 Å². The van der Waals surface area contributed by atoms with Gasteiger partial charge in [0, 0.05) is 56.5 Å². The summed E-state index contributed by atoms with van der Waals surface area (Å²) in [4.78, 5) is 30.4. The van der Waals surface area contributed by atoms with Crippen molar-refractivity contribution in [2.45, 2.75) is 25.4 Å². The van der Waals surface area contributed by atoms with Crippen LogP contribution in [0.25, 0.3) is 10.9 Å². The summed E-state index contributed by atoms with van der Waals surface area (Å²) in [6.45, 7) is 5.45. The Morgan fingerprint density at radius 1 is 1.03 bits per heavy atom. The average Bonchev–Trinajstić information content (AvgIpc) is 3.61. The number of hydrogen-bond acceptors (Lipinski definition) is 6. The standard InChI is InChI=1S/C22H24N6O/c29-22(19-5-2-17-7-8-23-14-20(17)25-19)26-21-6-1-16(13-24-21)15-27-9-11-28(12-10-27)18-3-4-18/h1-2,5-8,13-14,18H,3-4,9-12,15H2,(H,24,26,29). The first-order valence-corrected chi connectivity index (χ1v) is 10.2. The van der Waals surface area contributed by atoms with Crippen LogP contribution in [0, 0.1) is 0 Å². The number of nitrogens with zero attached hydrogens (tertiary/aromatic N) is 5. The van der Waals surface area contributed by atoms with E-state index in [1.165, 1.54) is 25.9 Å². The van der Waals surface area contributed by atoms with Gasteiger partial charge in [-0.15, -0.1) is 0 Å². The first-order valence-electron chi connectivity index (χ1n) is 10.2. The number of nitrogens with one attached hydrogen (secondary N) is 1. The molecular weight excluding hydrogens is 364 g/mol. The molecule has 2 fully saturated rings. The molecule has 0 atom stereocenters. The monoisotopic (exact) mass is 388 g/mol. The Kier molecular flexibility index (Phi) is 4.91. The number of aromatic nitrogens is 3. The van der Waals surface area contributed by atoms with Crippen molar-refractivity contribution in [1.29, 1.82) is 0 Å².